The molecular formula is C33H34ClFN7O10PS. The van der Waals surface area contributed by atoms with Gasteiger partial charge in [-0.3, -0.25) is 34.5 Å². The quantitative estimate of drug-likeness (QED) is 0.0508. The molecule has 54 heavy (non-hydrogen) atoms. The minimum atomic E-state index is -4.10. The van der Waals surface area contributed by atoms with Crippen molar-refractivity contribution in [2.24, 2.45) is 10.4 Å². The molecule has 1 aromatic heterocycles. The third-order valence-electron chi connectivity index (χ3n) is 7.32. The Morgan fingerprint density at radius 1 is 1.30 bits per heavy atom. The van der Waals surface area contributed by atoms with Crippen LogP contribution in [-0.4, -0.2) is 66.6 Å². The maximum Gasteiger partial charge on any atom is 0.339 e. The number of aromatic nitrogens is 2. The lowest BCUT2D eigenvalue weighted by molar-refractivity contribution is -0.383. The van der Waals surface area contributed by atoms with Gasteiger partial charge in [0.15, 0.2) is 12.4 Å². The van der Waals surface area contributed by atoms with E-state index < -0.39 is 37.1 Å². The number of carboxylic acids is 1. The van der Waals surface area contributed by atoms with Crippen LogP contribution in [0.1, 0.15) is 19.7 Å². The number of anilines is 2. The van der Waals surface area contributed by atoms with E-state index in [9.17, 15) is 28.7 Å². The Balaban J connectivity index is 0.000000202. The number of carbonyl (C=O) groups excluding carboxylic acids is 1. The fourth-order valence-electron chi connectivity index (χ4n) is 4.97. The van der Waals surface area contributed by atoms with Gasteiger partial charge in [0, 0.05) is 36.6 Å². The first-order valence-electron chi connectivity index (χ1n) is 15.6. The highest BCUT2D eigenvalue weighted by Crippen LogP contribution is 2.39. The molecule has 0 radical (unpaired) electrons. The summed E-state index contributed by atoms with van der Waals surface area (Å²) in [5.74, 6) is 2.64. The number of nitro benzene ring substituents is 1. The van der Waals surface area contributed by atoms with Crippen molar-refractivity contribution in [3.63, 3.8) is 0 Å². The minimum Gasteiger partial charge on any atom is -0.481 e. The van der Waals surface area contributed by atoms with Gasteiger partial charge in [0.05, 0.1) is 30.0 Å². The number of amides is 1. The second-order valence-electron chi connectivity index (χ2n) is 12.3. The van der Waals surface area contributed by atoms with E-state index in [0.717, 1.165) is 18.8 Å². The van der Waals surface area contributed by atoms with E-state index in [0.29, 0.717) is 22.0 Å². The number of nitrogens with one attached hydrogen (secondary N) is 1. The summed E-state index contributed by atoms with van der Waals surface area (Å²) in [7, 11) is -4.10. The lowest BCUT2D eigenvalue weighted by Gasteiger charge is -2.28. The van der Waals surface area contributed by atoms with Crippen LogP contribution in [0.15, 0.2) is 59.6 Å². The van der Waals surface area contributed by atoms with E-state index in [1.165, 1.54) is 40.7 Å². The van der Waals surface area contributed by atoms with Crippen LogP contribution in [0.4, 0.5) is 27.1 Å². The summed E-state index contributed by atoms with van der Waals surface area (Å²) in [6.07, 6.45) is 5.62. The number of aliphatic carboxylic acids is 1. The number of para-hydroxylation sites is 1. The van der Waals surface area contributed by atoms with Crippen LogP contribution in [0.5, 0.6) is 17.2 Å². The number of fused-ring (bicyclic) bond motifs is 2. The topological polar surface area (TPSA) is 245 Å². The Morgan fingerprint density at radius 3 is 2.63 bits per heavy atom. The molecule has 0 bridgehead atoms. The van der Waals surface area contributed by atoms with Crippen molar-refractivity contribution in [2.45, 2.75) is 26.8 Å². The van der Waals surface area contributed by atoms with Crippen LogP contribution in [-0.2, 0) is 27.1 Å². The Labute approximate surface area is 316 Å². The summed E-state index contributed by atoms with van der Waals surface area (Å²) in [4.78, 5) is 54.8. The third-order valence-corrected chi connectivity index (χ3v) is 9.12. The Morgan fingerprint density at radius 2 is 2.00 bits per heavy atom. The van der Waals surface area contributed by atoms with Gasteiger partial charge in [-0.1, -0.05) is 49.6 Å². The highest BCUT2D eigenvalue weighted by atomic mass is 35.5. The van der Waals surface area contributed by atoms with Gasteiger partial charge < -0.3 is 34.7 Å². The maximum atomic E-state index is 14.5. The number of terminal acetylenes is 1. The smallest absolute Gasteiger partial charge is 0.339 e. The van der Waals surface area contributed by atoms with Crippen molar-refractivity contribution in [3.05, 3.63) is 86.2 Å². The number of nitrogens with zero attached hydrogens (tertiary/aromatic N) is 5. The molecule has 0 atom stereocenters. The van der Waals surface area contributed by atoms with Gasteiger partial charge in [0.25, 0.3) is 11.6 Å². The molecule has 1 amide bonds. The zero-order chi connectivity index (χ0) is 39.8. The number of rotatable bonds is 9. The molecule has 0 unspecified atom stereocenters. The van der Waals surface area contributed by atoms with E-state index >= 15 is 0 Å². The van der Waals surface area contributed by atoms with Crippen molar-refractivity contribution < 1.29 is 47.8 Å². The fraction of sp³-hybridized carbons (Fsp3) is 0.273. The van der Waals surface area contributed by atoms with Gasteiger partial charge in [-0.15, -0.1) is 6.42 Å². The number of benzene rings is 3. The largest absolute Gasteiger partial charge is 0.481 e. The zero-order valence-corrected chi connectivity index (χ0v) is 31.1. The molecule has 0 saturated carbocycles. The lowest BCUT2D eigenvalue weighted by atomic mass is 9.92. The second kappa shape index (κ2) is 17.6. The average molecular weight is 806 g/mol. The predicted octanol–water partition coefficient (Wildman–Crippen LogP) is 4.68. The molecule has 2 aliphatic heterocycles. The molecule has 0 spiro atoms. The number of nitro groups is 1. The van der Waals surface area contributed by atoms with E-state index in [1.54, 1.807) is 24.3 Å². The summed E-state index contributed by atoms with van der Waals surface area (Å²) in [5.41, 5.74) is 5.92. The van der Waals surface area contributed by atoms with E-state index in [1.807, 2.05) is 10.6 Å². The SMILES string of the molecule is C#CCN1C(=O)COc2cc(F)c(/N=c3\snc4n3CC(C)(C)C4)cc21.Nc1c([N+](=O)[O-])ccc(Oc2ccccc2)c1Cl.O=C(O)CNCP(=O)(O)O. The number of nitrogens with two attached hydrogens (primary N) is 1. The van der Waals surface area contributed by atoms with Crippen molar-refractivity contribution in [1.82, 2.24) is 14.3 Å². The molecule has 286 valence electrons. The van der Waals surface area contributed by atoms with Crippen LogP contribution < -0.4 is 30.2 Å². The summed E-state index contributed by atoms with van der Waals surface area (Å²) in [6.45, 7) is 4.61. The number of hydrogen-bond donors (Lipinski definition) is 5. The number of hydrogen-bond acceptors (Lipinski definition) is 12. The van der Waals surface area contributed by atoms with E-state index in [2.05, 4.69) is 34.5 Å². The second-order valence-corrected chi connectivity index (χ2v) is 15.0. The van der Waals surface area contributed by atoms with Gasteiger partial charge in [-0.05, 0) is 29.7 Å². The first-order chi connectivity index (χ1) is 25.4. The molecule has 0 saturated heterocycles. The maximum absolute atomic E-state index is 14.5. The number of carboxylic acid groups (broad SMARTS) is 1. The molecule has 6 N–H and O–H groups in total. The molecular weight excluding hydrogens is 772 g/mol. The van der Waals surface area contributed by atoms with Gasteiger partial charge in [-0.2, -0.15) is 4.37 Å². The molecule has 3 aromatic carbocycles. The predicted molar refractivity (Wildman–Crippen MR) is 197 cm³/mol. The number of ether oxygens (including phenoxy) is 2. The van der Waals surface area contributed by atoms with Crippen molar-refractivity contribution in [1.29, 1.82) is 0 Å². The lowest BCUT2D eigenvalue weighted by Crippen LogP contribution is -2.39. The first-order valence-corrected chi connectivity index (χ1v) is 18.6. The molecule has 4 aromatic rings. The Bertz CT molecular complexity index is 2210. The van der Waals surface area contributed by atoms with Crippen molar-refractivity contribution in [3.8, 4) is 29.6 Å². The van der Waals surface area contributed by atoms with E-state index in [-0.39, 0.29) is 52.3 Å². The molecule has 6 rings (SSSR count). The van der Waals surface area contributed by atoms with Crippen molar-refractivity contribution in [2.75, 3.05) is 36.6 Å². The van der Waals surface area contributed by atoms with Gasteiger partial charge >= 0.3 is 13.6 Å². The van der Waals surface area contributed by atoms with Gasteiger partial charge in [0.1, 0.15) is 39.5 Å². The summed E-state index contributed by atoms with van der Waals surface area (Å²) in [6, 6.07) is 14.4. The normalized spacial score (nSPS) is 14.3. The van der Waals surface area contributed by atoms with Crippen LogP contribution in [0, 0.1) is 33.7 Å². The molecule has 17 nitrogen and oxygen atoms in total. The Hall–Kier alpha value is -5.35. The van der Waals surface area contributed by atoms with Gasteiger partial charge in [0.2, 0.25) is 4.80 Å². The molecule has 3 heterocycles. The number of halogens is 2. The standard InChI is InChI=1S/C18H17FN4O2S.C12H9ClN2O3.C3H8NO5P/c1-4-5-22-13-7-12(11(19)6-14(13)25-9-16(22)24)20-17-23-10-18(2,3)8-15(23)21-26-17;13-11-10(18-8-4-2-1-3-5-8)7-6-9(12(11)14)15(16)17;5-3(6)1-4-2-10(7,8)9/h1,6-7H,5,8-10H2,2-3H3;1-7H,14H2;4H,1-2H2,(H,5,6)(H2,7,8,9)/b20-17-;;. The number of nitrogen functional groups attached to an aromatic ring is 1. The van der Waals surface area contributed by atoms with Crippen LogP contribution in [0.2, 0.25) is 5.02 Å². The summed E-state index contributed by atoms with van der Waals surface area (Å²) in [5, 5.41) is 20.8. The highest BCUT2D eigenvalue weighted by molar-refractivity contribution is 7.51. The first kappa shape index (κ1) is 41.4. The molecule has 0 fully saturated rings. The van der Waals surface area contributed by atoms with Gasteiger partial charge in [-0.25, -0.2) is 9.38 Å². The van der Waals surface area contributed by atoms with Crippen LogP contribution >= 0.6 is 30.7 Å². The third kappa shape index (κ3) is 11.1. The van der Waals surface area contributed by atoms with Crippen LogP contribution in [0.3, 0.4) is 0 Å². The molecule has 2 aliphatic rings. The number of carbonyl (C=O) groups is 2. The average Bonchev–Trinajstić information content (AvgIpc) is 3.60. The summed E-state index contributed by atoms with van der Waals surface area (Å²) < 4.78 is 41.9. The molecule has 0 aliphatic carbocycles. The summed E-state index contributed by atoms with van der Waals surface area (Å²) >= 11 is 7.18. The fourth-order valence-corrected chi connectivity index (χ4v) is 6.33. The van der Waals surface area contributed by atoms with Crippen LogP contribution in [0.25, 0.3) is 0 Å². The zero-order valence-electron chi connectivity index (χ0n) is 28.6. The monoisotopic (exact) mass is 805 g/mol. The molecule has 21 heteroatoms. The minimum absolute atomic E-state index is 0.0352. The van der Waals surface area contributed by atoms with E-state index in [4.69, 9.17) is 48.1 Å². The highest BCUT2D eigenvalue weighted by Gasteiger charge is 2.31. The Kier molecular flexibility index (Phi) is 13.5. The van der Waals surface area contributed by atoms with Crippen molar-refractivity contribution >= 4 is 65.4 Å².